The molecule has 3 heteroatoms. The summed E-state index contributed by atoms with van der Waals surface area (Å²) in [5.74, 6) is -2.02. The Morgan fingerprint density at radius 2 is 0.919 bits per heavy atom. The van der Waals surface area contributed by atoms with E-state index in [2.05, 4.69) is 30.3 Å². The maximum Gasteiger partial charge on any atom is 0.218 e. The van der Waals surface area contributed by atoms with Crippen LogP contribution in [0.25, 0.3) is 65.3 Å². The maximum absolute atomic E-state index is 13.5. The number of hydrogen-bond donors (Lipinski definition) is 2. The Balaban J connectivity index is 1.53. The zero-order valence-electron chi connectivity index (χ0n) is 19.5. The smallest absolute Gasteiger partial charge is 0.218 e. The van der Waals surface area contributed by atoms with E-state index in [0.717, 1.165) is 76.5 Å². The van der Waals surface area contributed by atoms with E-state index in [-0.39, 0.29) is 5.78 Å². The normalized spacial score (nSPS) is 15.0. The third-order valence-corrected chi connectivity index (χ3v) is 8.58. The van der Waals surface area contributed by atoms with E-state index in [0.29, 0.717) is 11.1 Å². The van der Waals surface area contributed by atoms with E-state index in [9.17, 15) is 15.0 Å². The summed E-state index contributed by atoms with van der Waals surface area (Å²) in [4.78, 5) is 13.5. The molecule has 2 aliphatic carbocycles. The van der Waals surface area contributed by atoms with Gasteiger partial charge < -0.3 is 10.2 Å². The van der Waals surface area contributed by atoms with Crippen molar-refractivity contribution in [1.82, 2.24) is 0 Å². The molecular weight excluding hydrogens is 456 g/mol. The summed E-state index contributed by atoms with van der Waals surface area (Å²) in [6, 6.07) is 31.8. The van der Waals surface area contributed by atoms with Gasteiger partial charge in [-0.25, -0.2) is 0 Å². The van der Waals surface area contributed by atoms with Crippen molar-refractivity contribution in [1.29, 1.82) is 0 Å². The highest BCUT2D eigenvalue weighted by Gasteiger charge is 2.38. The van der Waals surface area contributed by atoms with Gasteiger partial charge in [-0.1, -0.05) is 91.0 Å². The molecule has 0 aliphatic heterocycles. The zero-order valence-corrected chi connectivity index (χ0v) is 19.5. The lowest BCUT2D eigenvalue weighted by Gasteiger charge is -2.33. The van der Waals surface area contributed by atoms with Gasteiger partial charge in [0.15, 0.2) is 5.78 Å². The molecule has 9 rings (SSSR count). The predicted octanol–water partition coefficient (Wildman–Crippen LogP) is 7.11. The van der Waals surface area contributed by atoms with Gasteiger partial charge in [-0.3, -0.25) is 4.79 Å². The van der Waals surface area contributed by atoms with Gasteiger partial charge in [0.1, 0.15) is 0 Å². The van der Waals surface area contributed by atoms with Gasteiger partial charge in [0.2, 0.25) is 5.79 Å². The van der Waals surface area contributed by atoms with Crippen molar-refractivity contribution >= 4 is 48.9 Å². The van der Waals surface area contributed by atoms with Crippen LogP contribution in [0.2, 0.25) is 0 Å². The van der Waals surface area contributed by atoms with Gasteiger partial charge in [-0.05, 0) is 66.0 Å². The Kier molecular flexibility index (Phi) is 3.29. The number of hydrogen-bond acceptors (Lipinski definition) is 3. The van der Waals surface area contributed by atoms with Gasteiger partial charge in [0, 0.05) is 27.6 Å². The number of benzene rings is 7. The first kappa shape index (κ1) is 19.6. The van der Waals surface area contributed by atoms with Crippen molar-refractivity contribution in [3.63, 3.8) is 0 Å². The fourth-order valence-electron chi connectivity index (χ4n) is 7.05. The molecule has 0 heterocycles. The van der Waals surface area contributed by atoms with Crippen molar-refractivity contribution in [2.24, 2.45) is 0 Å². The van der Waals surface area contributed by atoms with Crippen LogP contribution in [0.4, 0.5) is 0 Å². The van der Waals surface area contributed by atoms with Crippen LogP contribution in [0.15, 0.2) is 97.1 Å². The van der Waals surface area contributed by atoms with Crippen LogP contribution in [0, 0.1) is 0 Å². The molecule has 3 nitrogen and oxygen atoms in total. The third kappa shape index (κ3) is 2.12. The van der Waals surface area contributed by atoms with E-state index >= 15 is 0 Å². The molecular formula is C34H18O3. The van der Waals surface area contributed by atoms with Gasteiger partial charge in [0.05, 0.1) is 0 Å². The molecule has 0 bridgehead atoms. The Bertz CT molecular complexity index is 2160. The van der Waals surface area contributed by atoms with Gasteiger partial charge >= 0.3 is 0 Å². The molecule has 172 valence electrons. The number of carbonyl (C=O) groups is 1. The van der Waals surface area contributed by atoms with Crippen molar-refractivity contribution in [2.75, 3.05) is 0 Å². The molecule has 0 spiro atoms. The molecule has 2 N–H and O–H groups in total. The molecule has 0 amide bonds. The highest BCUT2D eigenvalue weighted by molar-refractivity contribution is 6.39. The molecule has 37 heavy (non-hydrogen) atoms. The second kappa shape index (κ2) is 6.22. The minimum Gasteiger partial charge on any atom is -0.358 e. The van der Waals surface area contributed by atoms with Crippen LogP contribution < -0.4 is 0 Å². The van der Waals surface area contributed by atoms with Crippen LogP contribution >= 0.6 is 0 Å². The zero-order chi connectivity index (χ0) is 24.6. The van der Waals surface area contributed by atoms with Crippen molar-refractivity contribution in [3.8, 4) is 22.3 Å². The summed E-state index contributed by atoms with van der Waals surface area (Å²) in [6.07, 6.45) is 0. The molecule has 0 fully saturated rings. The molecule has 0 radical (unpaired) electrons. The van der Waals surface area contributed by atoms with Gasteiger partial charge in [0.25, 0.3) is 0 Å². The predicted molar refractivity (Wildman–Crippen MR) is 147 cm³/mol. The van der Waals surface area contributed by atoms with Crippen molar-refractivity contribution in [2.45, 2.75) is 5.79 Å². The highest BCUT2D eigenvalue weighted by Crippen LogP contribution is 2.52. The van der Waals surface area contributed by atoms with Crippen LogP contribution in [0.3, 0.4) is 0 Å². The molecule has 2 aliphatic rings. The molecule has 0 unspecified atom stereocenters. The topological polar surface area (TPSA) is 57.5 Å². The average molecular weight is 475 g/mol. The third-order valence-electron chi connectivity index (χ3n) is 8.58. The van der Waals surface area contributed by atoms with Crippen LogP contribution in [0.1, 0.15) is 27.0 Å². The Morgan fingerprint density at radius 3 is 1.62 bits per heavy atom. The second-order valence-electron chi connectivity index (χ2n) is 10.2. The average Bonchev–Trinajstić information content (AvgIpc) is 2.94. The van der Waals surface area contributed by atoms with Crippen LogP contribution in [-0.2, 0) is 5.79 Å². The summed E-state index contributed by atoms with van der Waals surface area (Å²) in [5.41, 5.74) is 6.37. The first-order valence-corrected chi connectivity index (χ1v) is 12.4. The van der Waals surface area contributed by atoms with Crippen LogP contribution in [-0.4, -0.2) is 16.0 Å². The largest absolute Gasteiger partial charge is 0.358 e. The fourth-order valence-corrected chi connectivity index (χ4v) is 7.05. The highest BCUT2D eigenvalue weighted by atomic mass is 16.5. The van der Waals surface area contributed by atoms with Crippen molar-refractivity contribution in [3.05, 3.63) is 119 Å². The SMILES string of the molecule is O=C1c2ccccc2-c2ccc3c4ccc5c6c(ccc(c7ccc1c2c37)c64)C(O)(O)c1ccccc1-5. The Morgan fingerprint density at radius 1 is 0.405 bits per heavy atom. The standard InChI is InChI=1S/C34H18O3/c35-33-25-7-2-1-5-17(25)19-9-11-21-23-12-10-20-18-6-3-4-8-27(18)34(36,37)28-16-15-24(30(23)32(20)28)22-13-14-26(33)31(19)29(21)22/h1-16,36-37H. The maximum atomic E-state index is 13.5. The van der Waals surface area contributed by atoms with Gasteiger partial charge in [-0.2, -0.15) is 0 Å². The fraction of sp³-hybridized carbons (Fsp3) is 0.0294. The molecule has 0 atom stereocenters. The Labute approximate surface area is 211 Å². The molecule has 0 saturated heterocycles. The van der Waals surface area contributed by atoms with E-state index in [1.807, 2.05) is 60.7 Å². The van der Waals surface area contributed by atoms with Crippen LogP contribution in [0.5, 0.6) is 0 Å². The first-order valence-electron chi connectivity index (χ1n) is 12.4. The number of carbonyl (C=O) groups excluding carboxylic acids is 1. The molecule has 0 saturated carbocycles. The summed E-state index contributed by atoms with van der Waals surface area (Å²) >= 11 is 0. The second-order valence-corrected chi connectivity index (χ2v) is 10.2. The molecule has 7 aromatic carbocycles. The number of aliphatic hydroxyl groups is 2. The quantitative estimate of drug-likeness (QED) is 0.140. The van der Waals surface area contributed by atoms with E-state index < -0.39 is 5.79 Å². The van der Waals surface area contributed by atoms with Gasteiger partial charge in [-0.15, -0.1) is 0 Å². The summed E-state index contributed by atoms with van der Waals surface area (Å²) in [6.45, 7) is 0. The molecule has 0 aromatic heterocycles. The lowest BCUT2D eigenvalue weighted by molar-refractivity contribution is -0.131. The summed E-state index contributed by atoms with van der Waals surface area (Å²) < 4.78 is 0. The van der Waals surface area contributed by atoms with Crippen molar-refractivity contribution < 1.29 is 15.0 Å². The number of rotatable bonds is 0. The monoisotopic (exact) mass is 474 g/mol. The summed E-state index contributed by atoms with van der Waals surface area (Å²) in [7, 11) is 0. The number of ketones is 1. The Hall–Kier alpha value is -4.57. The number of fused-ring (bicyclic) bond motifs is 6. The minimum atomic E-state index is -2.08. The minimum absolute atomic E-state index is 0.0600. The summed E-state index contributed by atoms with van der Waals surface area (Å²) in [5, 5.41) is 30.9. The van der Waals surface area contributed by atoms with E-state index in [4.69, 9.17) is 0 Å². The first-order chi connectivity index (χ1) is 18.1. The lowest BCUT2D eigenvalue weighted by atomic mass is 9.75. The lowest BCUT2D eigenvalue weighted by Crippen LogP contribution is -2.30. The van der Waals surface area contributed by atoms with E-state index in [1.54, 1.807) is 6.07 Å². The van der Waals surface area contributed by atoms with E-state index in [1.165, 1.54) is 0 Å². The molecule has 7 aromatic rings.